The maximum absolute atomic E-state index is 13.8. The van der Waals surface area contributed by atoms with E-state index in [1.165, 1.54) is 0 Å². The van der Waals surface area contributed by atoms with Gasteiger partial charge in [-0.15, -0.1) is 0 Å². The number of nitriles is 1. The highest BCUT2D eigenvalue weighted by molar-refractivity contribution is 6.11. The van der Waals surface area contributed by atoms with Gasteiger partial charge in [0, 0.05) is 48.0 Å². The Morgan fingerprint density at radius 2 is 1.91 bits per heavy atom. The number of ketones is 1. The quantitative estimate of drug-likeness (QED) is 0.313. The van der Waals surface area contributed by atoms with Gasteiger partial charge in [0.15, 0.2) is 5.78 Å². The van der Waals surface area contributed by atoms with Crippen molar-refractivity contribution in [3.05, 3.63) is 114 Å². The molecule has 0 unspecified atom stereocenters. The van der Waals surface area contributed by atoms with E-state index >= 15 is 0 Å². The van der Waals surface area contributed by atoms with Crippen LogP contribution in [0.5, 0.6) is 0 Å². The van der Waals surface area contributed by atoms with Crippen LogP contribution in [0.1, 0.15) is 33.1 Å². The van der Waals surface area contributed by atoms with Crippen molar-refractivity contribution in [1.82, 2.24) is 19.9 Å². The number of aromatic nitrogens is 3. The molecule has 6 heteroatoms. The molecule has 0 bridgehead atoms. The molecular formula is C29H25N5O. The van der Waals surface area contributed by atoms with Gasteiger partial charge in [0.05, 0.1) is 29.7 Å². The van der Waals surface area contributed by atoms with Gasteiger partial charge in [-0.3, -0.25) is 4.79 Å². The van der Waals surface area contributed by atoms with E-state index in [1.54, 1.807) is 12.5 Å². The molecule has 6 nitrogen and oxygen atoms in total. The Balaban J connectivity index is 1.39. The van der Waals surface area contributed by atoms with Gasteiger partial charge in [-0.1, -0.05) is 54.6 Å². The maximum atomic E-state index is 13.8. The zero-order valence-corrected chi connectivity index (χ0v) is 19.4. The van der Waals surface area contributed by atoms with E-state index in [9.17, 15) is 4.79 Å². The standard InChI is InChI=1S/C29H25N5O/c1-34-18-27(33-19-34)23-11-12-24-25(17-32-26(24)15-23)29(35)28(22-5-3-2-4-6-22)31-14-13-20-7-9-21(16-30)10-8-20/h2-12,15,17-19,28,31-32H,13-14H2,1H3/t28-/m1/s1. The van der Waals surface area contributed by atoms with Gasteiger partial charge >= 0.3 is 0 Å². The molecule has 5 aromatic rings. The largest absolute Gasteiger partial charge is 0.360 e. The van der Waals surface area contributed by atoms with Gasteiger partial charge < -0.3 is 14.9 Å². The lowest BCUT2D eigenvalue weighted by atomic mass is 9.96. The van der Waals surface area contributed by atoms with Gasteiger partial charge in [-0.25, -0.2) is 4.98 Å². The summed E-state index contributed by atoms with van der Waals surface area (Å²) in [5.74, 6) is 0.0212. The van der Waals surface area contributed by atoms with Crippen molar-refractivity contribution in [2.24, 2.45) is 7.05 Å². The van der Waals surface area contributed by atoms with Crippen molar-refractivity contribution >= 4 is 16.7 Å². The predicted molar refractivity (Wildman–Crippen MR) is 137 cm³/mol. The number of carbonyl (C=O) groups excluding carboxylic acids is 1. The van der Waals surface area contributed by atoms with E-state index in [4.69, 9.17) is 5.26 Å². The number of benzene rings is 3. The highest BCUT2D eigenvalue weighted by Crippen LogP contribution is 2.28. The maximum Gasteiger partial charge on any atom is 0.186 e. The molecule has 0 saturated heterocycles. The number of imidazole rings is 1. The fourth-order valence-electron chi connectivity index (χ4n) is 4.32. The van der Waals surface area contributed by atoms with Crippen LogP contribution in [0.2, 0.25) is 0 Å². The minimum atomic E-state index is -0.468. The summed E-state index contributed by atoms with van der Waals surface area (Å²) in [6.45, 7) is 0.628. The number of hydrogen-bond acceptors (Lipinski definition) is 4. The summed E-state index contributed by atoms with van der Waals surface area (Å²) in [5, 5.41) is 13.4. The minimum absolute atomic E-state index is 0.0212. The number of rotatable bonds is 8. The first-order valence-electron chi connectivity index (χ1n) is 11.5. The first-order chi connectivity index (χ1) is 17.1. The summed E-state index contributed by atoms with van der Waals surface area (Å²) in [6, 6.07) is 25.1. The second-order valence-corrected chi connectivity index (χ2v) is 8.61. The average molecular weight is 460 g/mol. The lowest BCUT2D eigenvalue weighted by molar-refractivity contribution is 0.0945. The van der Waals surface area contributed by atoms with E-state index in [0.717, 1.165) is 39.7 Å². The number of aryl methyl sites for hydroxylation is 1. The van der Waals surface area contributed by atoms with Gasteiger partial charge in [-0.2, -0.15) is 5.26 Å². The monoisotopic (exact) mass is 459 g/mol. The fourth-order valence-corrected chi connectivity index (χ4v) is 4.32. The first kappa shape index (κ1) is 22.3. The molecular weight excluding hydrogens is 434 g/mol. The second kappa shape index (κ2) is 9.80. The number of H-pyrrole nitrogens is 1. The Morgan fingerprint density at radius 1 is 1.11 bits per heavy atom. The smallest absolute Gasteiger partial charge is 0.186 e. The van der Waals surface area contributed by atoms with Crippen LogP contribution in [0, 0.1) is 11.3 Å². The topological polar surface area (TPSA) is 86.5 Å². The molecule has 1 atom stereocenters. The van der Waals surface area contributed by atoms with Crippen LogP contribution >= 0.6 is 0 Å². The van der Waals surface area contributed by atoms with Crippen LogP contribution in [0.25, 0.3) is 22.2 Å². The third-order valence-electron chi connectivity index (χ3n) is 6.19. The van der Waals surface area contributed by atoms with Crippen molar-refractivity contribution in [3.8, 4) is 17.3 Å². The summed E-state index contributed by atoms with van der Waals surface area (Å²) in [6.07, 6.45) is 6.30. The molecule has 3 aromatic carbocycles. The number of nitrogens with zero attached hydrogens (tertiary/aromatic N) is 3. The Morgan fingerprint density at radius 3 is 2.63 bits per heavy atom. The molecule has 172 valence electrons. The van der Waals surface area contributed by atoms with Crippen molar-refractivity contribution in [1.29, 1.82) is 5.26 Å². The Hall–Kier alpha value is -4.47. The number of hydrogen-bond donors (Lipinski definition) is 2. The predicted octanol–water partition coefficient (Wildman–Crippen LogP) is 5.20. The molecule has 5 rings (SSSR count). The molecule has 2 heterocycles. The summed E-state index contributed by atoms with van der Waals surface area (Å²) < 4.78 is 1.91. The Bertz CT molecular complexity index is 1510. The highest BCUT2D eigenvalue weighted by atomic mass is 16.1. The van der Waals surface area contributed by atoms with Crippen LogP contribution in [-0.4, -0.2) is 26.9 Å². The van der Waals surface area contributed by atoms with Crippen LogP contribution < -0.4 is 5.32 Å². The zero-order chi connectivity index (χ0) is 24.2. The summed E-state index contributed by atoms with van der Waals surface area (Å²) >= 11 is 0. The van der Waals surface area contributed by atoms with E-state index in [-0.39, 0.29) is 5.78 Å². The third kappa shape index (κ3) is 4.77. The van der Waals surface area contributed by atoms with Crippen molar-refractivity contribution in [2.75, 3.05) is 6.54 Å². The molecule has 2 aromatic heterocycles. The van der Waals surface area contributed by atoms with E-state index in [1.807, 2.05) is 90.6 Å². The van der Waals surface area contributed by atoms with Gasteiger partial charge in [0.1, 0.15) is 0 Å². The molecule has 0 spiro atoms. The average Bonchev–Trinajstić information content (AvgIpc) is 3.53. The fraction of sp³-hybridized carbons (Fsp3) is 0.138. The second-order valence-electron chi connectivity index (χ2n) is 8.61. The van der Waals surface area contributed by atoms with E-state index in [0.29, 0.717) is 17.7 Å². The first-order valence-corrected chi connectivity index (χ1v) is 11.5. The van der Waals surface area contributed by atoms with Gasteiger partial charge in [0.2, 0.25) is 0 Å². The minimum Gasteiger partial charge on any atom is -0.360 e. The number of aromatic amines is 1. The SMILES string of the molecule is Cn1cnc(-c2ccc3c(C(=O)[C@H](NCCc4ccc(C#N)cc4)c4ccccc4)c[nH]c3c2)c1. The lowest BCUT2D eigenvalue weighted by Gasteiger charge is -2.18. The van der Waals surface area contributed by atoms with Crippen molar-refractivity contribution in [3.63, 3.8) is 0 Å². The van der Waals surface area contributed by atoms with Gasteiger partial charge in [0.25, 0.3) is 0 Å². The summed E-state index contributed by atoms with van der Waals surface area (Å²) in [4.78, 5) is 21.5. The van der Waals surface area contributed by atoms with Gasteiger partial charge in [-0.05, 0) is 35.7 Å². The van der Waals surface area contributed by atoms with Crippen LogP contribution in [-0.2, 0) is 13.5 Å². The zero-order valence-electron chi connectivity index (χ0n) is 19.4. The van der Waals surface area contributed by atoms with E-state index < -0.39 is 6.04 Å². The molecule has 2 N–H and O–H groups in total. The molecule has 0 radical (unpaired) electrons. The third-order valence-corrected chi connectivity index (χ3v) is 6.19. The van der Waals surface area contributed by atoms with Crippen molar-refractivity contribution < 1.29 is 4.79 Å². The Labute approximate surface area is 203 Å². The molecule has 0 saturated carbocycles. The van der Waals surface area contributed by atoms with Crippen LogP contribution in [0.3, 0.4) is 0 Å². The summed E-state index contributed by atoms with van der Waals surface area (Å²) in [7, 11) is 1.94. The molecule has 0 amide bonds. The van der Waals surface area contributed by atoms with Crippen LogP contribution in [0.4, 0.5) is 0 Å². The highest BCUT2D eigenvalue weighted by Gasteiger charge is 2.24. The number of nitrogens with one attached hydrogen (secondary N) is 2. The number of fused-ring (bicyclic) bond motifs is 1. The Kier molecular flexibility index (Phi) is 6.25. The summed E-state index contributed by atoms with van der Waals surface area (Å²) in [5.41, 5.74) is 6.14. The molecule has 0 aliphatic rings. The molecule has 35 heavy (non-hydrogen) atoms. The molecule has 0 fully saturated rings. The van der Waals surface area contributed by atoms with Crippen LogP contribution in [0.15, 0.2) is 91.5 Å². The normalized spacial score (nSPS) is 11.9. The lowest BCUT2D eigenvalue weighted by Crippen LogP contribution is -2.30. The number of Topliss-reactive ketones (excluding diaryl/α,β-unsaturated/α-hetero) is 1. The molecule has 0 aliphatic heterocycles. The number of carbonyl (C=O) groups is 1. The van der Waals surface area contributed by atoms with Crippen molar-refractivity contribution in [2.45, 2.75) is 12.5 Å². The molecule has 0 aliphatic carbocycles. The van der Waals surface area contributed by atoms with E-state index in [2.05, 4.69) is 21.4 Å².